The van der Waals surface area contributed by atoms with Gasteiger partial charge in [-0.15, -0.1) is 17.7 Å². The summed E-state index contributed by atoms with van der Waals surface area (Å²) in [7, 11) is 1.59. The summed E-state index contributed by atoms with van der Waals surface area (Å²) in [5.41, 5.74) is 0.729. The summed E-state index contributed by atoms with van der Waals surface area (Å²) in [6, 6.07) is 6.40. The minimum atomic E-state index is -4.36. The Bertz CT molecular complexity index is 470. The lowest BCUT2D eigenvalue weighted by Gasteiger charge is -1.99. The van der Waals surface area contributed by atoms with Gasteiger partial charge in [0, 0.05) is 0 Å². The molecule has 0 aliphatic carbocycles. The Morgan fingerprint density at radius 1 is 1.21 bits per heavy atom. The molecule has 2 nitrogen and oxygen atoms in total. The van der Waals surface area contributed by atoms with E-state index in [-0.39, 0.29) is 5.52 Å². The van der Waals surface area contributed by atoms with Crippen molar-refractivity contribution >= 4 is 11.0 Å². The van der Waals surface area contributed by atoms with Crippen molar-refractivity contribution in [2.24, 2.45) is 7.05 Å². The Morgan fingerprint density at radius 2 is 1.86 bits per heavy atom. The molecule has 0 atom stereocenters. The van der Waals surface area contributed by atoms with Gasteiger partial charge in [-0.2, -0.15) is 0 Å². The standard InChI is InChI=1S/C9H8F3N2/c1-13-6-14(9(10,11)12)8-5-3-2-4-7(8)13/h2-6H,1H3/q+1. The van der Waals surface area contributed by atoms with Crippen LogP contribution in [0, 0.1) is 0 Å². The molecule has 0 bridgehead atoms. The third kappa shape index (κ3) is 1.25. The van der Waals surface area contributed by atoms with Gasteiger partial charge in [-0.3, -0.25) is 0 Å². The second-order valence-electron chi connectivity index (χ2n) is 3.05. The zero-order valence-corrected chi connectivity index (χ0v) is 7.42. The van der Waals surface area contributed by atoms with Crippen LogP contribution in [0.1, 0.15) is 0 Å². The van der Waals surface area contributed by atoms with E-state index in [1.807, 2.05) is 0 Å². The Labute approximate surface area is 78.2 Å². The molecule has 74 valence electrons. The lowest BCUT2D eigenvalue weighted by molar-refractivity contribution is -0.647. The molecule has 0 fully saturated rings. The highest BCUT2D eigenvalue weighted by Crippen LogP contribution is 2.25. The van der Waals surface area contributed by atoms with Crippen LogP contribution in [0.25, 0.3) is 11.0 Å². The van der Waals surface area contributed by atoms with E-state index in [0.717, 1.165) is 6.33 Å². The number of hydrogen-bond acceptors (Lipinski definition) is 0. The van der Waals surface area contributed by atoms with Crippen LogP contribution < -0.4 is 4.57 Å². The van der Waals surface area contributed by atoms with Gasteiger partial charge in [0.2, 0.25) is 0 Å². The number of imidazole rings is 1. The smallest absolute Gasteiger partial charge is 0.232 e. The molecule has 0 aliphatic heterocycles. The quantitative estimate of drug-likeness (QED) is 0.576. The molecule has 1 heterocycles. The summed E-state index contributed by atoms with van der Waals surface area (Å²) in [4.78, 5) is 0. The van der Waals surface area contributed by atoms with Gasteiger partial charge in [0.25, 0.3) is 6.33 Å². The van der Waals surface area contributed by atoms with E-state index < -0.39 is 6.30 Å². The first kappa shape index (κ1) is 9.05. The van der Waals surface area contributed by atoms with Crippen molar-refractivity contribution in [3.63, 3.8) is 0 Å². The average Bonchev–Trinajstić information content (AvgIpc) is 2.44. The van der Waals surface area contributed by atoms with Crippen LogP contribution >= 0.6 is 0 Å². The number of aromatic nitrogens is 2. The maximum absolute atomic E-state index is 12.5. The lowest BCUT2D eigenvalue weighted by atomic mass is 10.3. The van der Waals surface area contributed by atoms with Crippen LogP contribution in [-0.4, -0.2) is 4.57 Å². The van der Waals surface area contributed by atoms with Gasteiger partial charge in [0.05, 0.1) is 7.05 Å². The van der Waals surface area contributed by atoms with Crippen LogP contribution in [0.4, 0.5) is 13.2 Å². The number of fused-ring (bicyclic) bond motifs is 1. The summed E-state index contributed by atoms with van der Waals surface area (Å²) in [6.45, 7) is 0. The Balaban J connectivity index is 2.80. The van der Waals surface area contributed by atoms with Gasteiger partial charge in [-0.05, 0) is 12.1 Å². The number of aryl methyl sites for hydroxylation is 1. The zero-order chi connectivity index (χ0) is 10.3. The normalized spacial score (nSPS) is 12.3. The molecule has 0 unspecified atom stereocenters. The maximum atomic E-state index is 12.5. The highest BCUT2D eigenvalue weighted by Gasteiger charge is 2.39. The Morgan fingerprint density at radius 3 is 2.50 bits per heavy atom. The van der Waals surface area contributed by atoms with E-state index in [0.29, 0.717) is 10.1 Å². The van der Waals surface area contributed by atoms with Crippen molar-refractivity contribution in [1.82, 2.24) is 4.57 Å². The molecule has 14 heavy (non-hydrogen) atoms. The Hall–Kier alpha value is -1.52. The number of halogens is 3. The first-order chi connectivity index (χ1) is 6.50. The maximum Gasteiger partial charge on any atom is 0.567 e. The molecule has 5 heteroatoms. The number of alkyl halides is 3. The molecule has 2 aromatic rings. The van der Waals surface area contributed by atoms with Crippen LogP contribution in [-0.2, 0) is 13.3 Å². The van der Waals surface area contributed by atoms with Crippen LogP contribution in [0.2, 0.25) is 0 Å². The van der Waals surface area contributed by atoms with Crippen molar-refractivity contribution in [3.05, 3.63) is 30.6 Å². The minimum absolute atomic E-state index is 0.169. The summed E-state index contributed by atoms with van der Waals surface area (Å²) >= 11 is 0. The van der Waals surface area contributed by atoms with Crippen molar-refractivity contribution < 1.29 is 17.7 Å². The minimum Gasteiger partial charge on any atom is -0.232 e. The SMILES string of the molecule is C[n+]1cn(C(F)(F)F)c2ccccc21. The van der Waals surface area contributed by atoms with Crippen molar-refractivity contribution in [2.45, 2.75) is 6.30 Å². The molecule has 1 aromatic heterocycles. The summed E-state index contributed by atoms with van der Waals surface area (Å²) in [5.74, 6) is 0. The predicted molar refractivity (Wildman–Crippen MR) is 44.4 cm³/mol. The van der Waals surface area contributed by atoms with Gasteiger partial charge in [-0.1, -0.05) is 12.1 Å². The fourth-order valence-electron chi connectivity index (χ4n) is 1.47. The highest BCUT2D eigenvalue weighted by atomic mass is 19.4. The fourth-order valence-corrected chi connectivity index (χ4v) is 1.47. The summed E-state index contributed by atoms with van der Waals surface area (Å²) in [5, 5.41) is 0. The monoisotopic (exact) mass is 201 g/mol. The first-order valence-corrected chi connectivity index (χ1v) is 4.03. The molecule has 1 aromatic carbocycles. The third-order valence-electron chi connectivity index (χ3n) is 2.08. The van der Waals surface area contributed by atoms with E-state index >= 15 is 0 Å². The number of para-hydroxylation sites is 2. The van der Waals surface area contributed by atoms with Crippen LogP contribution in [0.3, 0.4) is 0 Å². The van der Waals surface area contributed by atoms with Gasteiger partial charge < -0.3 is 0 Å². The molecular formula is C9H8F3N2+. The van der Waals surface area contributed by atoms with Crippen molar-refractivity contribution in [2.75, 3.05) is 0 Å². The molecule has 2 rings (SSSR count). The first-order valence-electron chi connectivity index (χ1n) is 4.03. The average molecular weight is 201 g/mol. The molecule has 0 saturated heterocycles. The van der Waals surface area contributed by atoms with Crippen molar-refractivity contribution in [3.8, 4) is 0 Å². The van der Waals surface area contributed by atoms with E-state index in [4.69, 9.17) is 0 Å². The molecular weight excluding hydrogens is 193 g/mol. The number of hydrogen-bond donors (Lipinski definition) is 0. The second-order valence-corrected chi connectivity index (χ2v) is 3.05. The molecule has 0 aliphatic rings. The highest BCUT2D eigenvalue weighted by molar-refractivity contribution is 5.71. The Kier molecular flexibility index (Phi) is 1.77. The van der Waals surface area contributed by atoms with E-state index in [9.17, 15) is 13.2 Å². The third-order valence-corrected chi connectivity index (χ3v) is 2.08. The summed E-state index contributed by atoms with van der Waals surface area (Å²) < 4.78 is 39.2. The van der Waals surface area contributed by atoms with Gasteiger partial charge in [0.15, 0.2) is 11.0 Å². The number of benzene rings is 1. The molecule has 0 spiro atoms. The molecule has 0 N–H and O–H groups in total. The van der Waals surface area contributed by atoms with Gasteiger partial charge in [-0.25, -0.2) is 4.57 Å². The topological polar surface area (TPSA) is 8.81 Å². The van der Waals surface area contributed by atoms with Gasteiger partial charge >= 0.3 is 6.30 Å². The molecule has 0 radical (unpaired) electrons. The fraction of sp³-hybridized carbons (Fsp3) is 0.222. The van der Waals surface area contributed by atoms with E-state index in [1.165, 1.54) is 10.6 Å². The largest absolute Gasteiger partial charge is 0.567 e. The van der Waals surface area contributed by atoms with Crippen molar-refractivity contribution in [1.29, 1.82) is 0 Å². The zero-order valence-electron chi connectivity index (χ0n) is 7.42. The predicted octanol–water partition coefficient (Wildman–Crippen LogP) is 1.94. The van der Waals surface area contributed by atoms with E-state index in [1.54, 1.807) is 25.2 Å². The lowest BCUT2D eigenvalue weighted by Crippen LogP contribution is -2.27. The van der Waals surface area contributed by atoms with E-state index in [2.05, 4.69) is 0 Å². The summed E-state index contributed by atoms with van der Waals surface area (Å²) in [6.07, 6.45) is -3.33. The van der Waals surface area contributed by atoms with Crippen LogP contribution in [0.5, 0.6) is 0 Å². The second kappa shape index (κ2) is 2.73. The number of rotatable bonds is 0. The molecule has 0 amide bonds. The molecule has 0 saturated carbocycles. The number of nitrogens with zero attached hydrogens (tertiary/aromatic N) is 2. The van der Waals surface area contributed by atoms with Gasteiger partial charge in [0.1, 0.15) is 0 Å². The van der Waals surface area contributed by atoms with Crippen LogP contribution in [0.15, 0.2) is 30.6 Å².